The molecule has 22 heavy (non-hydrogen) atoms. The first kappa shape index (κ1) is 21.2. The van der Waals surface area contributed by atoms with E-state index >= 15 is 0 Å². The zero-order valence-corrected chi connectivity index (χ0v) is 16.7. The second kappa shape index (κ2) is 12.7. The van der Waals surface area contributed by atoms with E-state index in [-0.39, 0.29) is 24.0 Å². The Balaban J connectivity index is 0.00000441. The van der Waals surface area contributed by atoms with Gasteiger partial charge in [-0.1, -0.05) is 43.7 Å². The molecule has 0 amide bonds. The fourth-order valence-corrected chi connectivity index (χ4v) is 2.28. The van der Waals surface area contributed by atoms with E-state index in [0.717, 1.165) is 45.1 Å². The van der Waals surface area contributed by atoms with Crippen LogP contribution in [0.1, 0.15) is 31.4 Å². The fourth-order valence-electron chi connectivity index (χ4n) is 2.28. The first-order valence-electron chi connectivity index (χ1n) is 7.92. The summed E-state index contributed by atoms with van der Waals surface area (Å²) in [4.78, 5) is 6.70. The summed E-state index contributed by atoms with van der Waals surface area (Å²) in [7, 11) is 1.82. The minimum absolute atomic E-state index is 0. The van der Waals surface area contributed by atoms with Gasteiger partial charge in [0.05, 0.1) is 0 Å². The smallest absolute Gasteiger partial charge is 0.191 e. The van der Waals surface area contributed by atoms with Gasteiger partial charge in [-0.3, -0.25) is 4.99 Å². The Bertz CT molecular complexity index is 430. The van der Waals surface area contributed by atoms with Crippen LogP contribution < -0.4 is 10.6 Å². The summed E-state index contributed by atoms with van der Waals surface area (Å²) >= 11 is 0. The van der Waals surface area contributed by atoms with Crippen LogP contribution in [0.2, 0.25) is 0 Å². The van der Waals surface area contributed by atoms with E-state index < -0.39 is 0 Å². The highest BCUT2D eigenvalue weighted by atomic mass is 127. The quantitative estimate of drug-likeness (QED) is 0.295. The van der Waals surface area contributed by atoms with Crippen molar-refractivity contribution in [2.24, 2.45) is 4.99 Å². The number of halogens is 1. The molecule has 0 saturated carbocycles. The molecule has 0 fully saturated rings. The lowest BCUT2D eigenvalue weighted by Gasteiger charge is -2.18. The zero-order chi connectivity index (χ0) is 15.5. The third-order valence-corrected chi connectivity index (χ3v) is 3.60. The number of nitrogens with one attached hydrogen (secondary N) is 2. The highest BCUT2D eigenvalue weighted by Gasteiger charge is 2.00. The van der Waals surface area contributed by atoms with E-state index in [1.165, 1.54) is 11.1 Å². The Morgan fingerprint density at radius 3 is 2.50 bits per heavy atom. The largest absolute Gasteiger partial charge is 0.356 e. The normalized spacial score (nSPS) is 11.2. The van der Waals surface area contributed by atoms with E-state index in [4.69, 9.17) is 0 Å². The molecule has 0 aromatic heterocycles. The summed E-state index contributed by atoms with van der Waals surface area (Å²) in [6.45, 7) is 11.7. The Kier molecular flexibility index (Phi) is 12.2. The van der Waals surface area contributed by atoms with Crippen molar-refractivity contribution in [1.82, 2.24) is 15.5 Å². The monoisotopic (exact) mass is 418 g/mol. The molecule has 0 heterocycles. The minimum atomic E-state index is 0. The number of aliphatic imine (C=N–C) groups is 1. The fraction of sp³-hybridized carbons (Fsp3) is 0.588. The van der Waals surface area contributed by atoms with Crippen LogP contribution in [0.3, 0.4) is 0 Å². The van der Waals surface area contributed by atoms with Crippen LogP contribution in [0.25, 0.3) is 0 Å². The molecule has 2 N–H and O–H groups in total. The SMILES string of the molecule is CCN(CC)CCCNC(=NC)NCc1cccc(C)c1.I. The second-order valence-electron chi connectivity index (χ2n) is 5.22. The number of hydrogen-bond donors (Lipinski definition) is 2. The molecule has 0 radical (unpaired) electrons. The standard InChI is InChI=1S/C17H30N4.HI/c1-5-21(6-2)12-8-11-19-17(18-4)20-14-16-10-7-9-15(3)13-16;/h7,9-10,13H,5-6,8,11-12,14H2,1-4H3,(H2,18,19,20);1H. The van der Waals surface area contributed by atoms with Crippen molar-refractivity contribution in [1.29, 1.82) is 0 Å². The molecule has 0 unspecified atom stereocenters. The predicted molar refractivity (Wildman–Crippen MR) is 107 cm³/mol. The van der Waals surface area contributed by atoms with Crippen molar-refractivity contribution < 1.29 is 0 Å². The molecule has 0 saturated heterocycles. The van der Waals surface area contributed by atoms with Crippen LogP contribution in [0, 0.1) is 6.92 Å². The van der Waals surface area contributed by atoms with E-state index in [1.54, 1.807) is 0 Å². The van der Waals surface area contributed by atoms with Crippen LogP contribution in [-0.4, -0.2) is 44.1 Å². The number of nitrogens with zero attached hydrogens (tertiary/aromatic N) is 2. The van der Waals surface area contributed by atoms with E-state index in [2.05, 4.69) is 65.6 Å². The molecule has 1 aromatic carbocycles. The molecule has 0 aliphatic carbocycles. The van der Waals surface area contributed by atoms with Crippen molar-refractivity contribution in [2.45, 2.75) is 33.7 Å². The van der Waals surface area contributed by atoms with Gasteiger partial charge in [0.25, 0.3) is 0 Å². The highest BCUT2D eigenvalue weighted by molar-refractivity contribution is 14.0. The van der Waals surface area contributed by atoms with Gasteiger partial charge in [-0.2, -0.15) is 0 Å². The number of hydrogen-bond acceptors (Lipinski definition) is 2. The number of guanidine groups is 1. The number of rotatable bonds is 8. The van der Waals surface area contributed by atoms with Gasteiger partial charge in [0, 0.05) is 20.1 Å². The maximum atomic E-state index is 4.26. The van der Waals surface area contributed by atoms with Crippen LogP contribution in [0.5, 0.6) is 0 Å². The Labute approximate surface area is 152 Å². The molecule has 4 nitrogen and oxygen atoms in total. The summed E-state index contributed by atoms with van der Waals surface area (Å²) in [5.41, 5.74) is 2.57. The highest BCUT2D eigenvalue weighted by Crippen LogP contribution is 2.02. The van der Waals surface area contributed by atoms with Gasteiger partial charge in [0.2, 0.25) is 0 Å². The molecule has 0 spiro atoms. The molecular weight excluding hydrogens is 387 g/mol. The lowest BCUT2D eigenvalue weighted by molar-refractivity contribution is 0.300. The average Bonchev–Trinajstić information content (AvgIpc) is 2.50. The first-order chi connectivity index (χ1) is 10.2. The van der Waals surface area contributed by atoms with Gasteiger partial charge >= 0.3 is 0 Å². The second-order valence-corrected chi connectivity index (χ2v) is 5.22. The Morgan fingerprint density at radius 1 is 1.18 bits per heavy atom. The van der Waals surface area contributed by atoms with Gasteiger partial charge in [-0.15, -0.1) is 24.0 Å². The van der Waals surface area contributed by atoms with E-state index in [1.807, 2.05) is 7.05 Å². The molecular formula is C17H31IN4. The van der Waals surface area contributed by atoms with Crippen LogP contribution >= 0.6 is 24.0 Å². The van der Waals surface area contributed by atoms with Crippen molar-refractivity contribution in [3.63, 3.8) is 0 Å². The summed E-state index contributed by atoms with van der Waals surface area (Å²) < 4.78 is 0. The lowest BCUT2D eigenvalue weighted by Crippen LogP contribution is -2.38. The van der Waals surface area contributed by atoms with Gasteiger partial charge in [-0.05, 0) is 38.5 Å². The third-order valence-electron chi connectivity index (χ3n) is 3.60. The zero-order valence-electron chi connectivity index (χ0n) is 14.4. The molecule has 0 aliphatic heterocycles. The minimum Gasteiger partial charge on any atom is -0.356 e. The molecule has 5 heteroatoms. The summed E-state index contributed by atoms with van der Waals surface area (Å²) in [5.74, 6) is 0.871. The molecule has 0 bridgehead atoms. The van der Waals surface area contributed by atoms with Crippen molar-refractivity contribution >= 4 is 29.9 Å². The predicted octanol–water partition coefficient (Wildman–Crippen LogP) is 3.01. The maximum Gasteiger partial charge on any atom is 0.191 e. The molecule has 0 aliphatic rings. The number of benzene rings is 1. The third kappa shape index (κ3) is 8.58. The molecule has 0 atom stereocenters. The van der Waals surface area contributed by atoms with Crippen LogP contribution in [0.4, 0.5) is 0 Å². The van der Waals surface area contributed by atoms with E-state index in [9.17, 15) is 0 Å². The van der Waals surface area contributed by atoms with Gasteiger partial charge in [0.1, 0.15) is 0 Å². The number of aryl methyl sites for hydroxylation is 1. The summed E-state index contributed by atoms with van der Waals surface area (Å²) in [6, 6.07) is 8.53. The van der Waals surface area contributed by atoms with Gasteiger partial charge in [0.15, 0.2) is 5.96 Å². The maximum absolute atomic E-state index is 4.26. The molecule has 1 rings (SSSR count). The summed E-state index contributed by atoms with van der Waals surface area (Å²) in [5, 5.41) is 6.72. The van der Waals surface area contributed by atoms with Crippen LogP contribution in [-0.2, 0) is 6.54 Å². The first-order valence-corrected chi connectivity index (χ1v) is 7.92. The van der Waals surface area contributed by atoms with Crippen molar-refractivity contribution in [3.8, 4) is 0 Å². The lowest BCUT2D eigenvalue weighted by atomic mass is 10.1. The molecule has 126 valence electrons. The molecule has 1 aromatic rings. The van der Waals surface area contributed by atoms with Crippen LogP contribution in [0.15, 0.2) is 29.3 Å². The Morgan fingerprint density at radius 2 is 1.91 bits per heavy atom. The van der Waals surface area contributed by atoms with Gasteiger partial charge in [-0.25, -0.2) is 0 Å². The van der Waals surface area contributed by atoms with E-state index in [0.29, 0.717) is 0 Å². The topological polar surface area (TPSA) is 39.7 Å². The Hall–Kier alpha value is -0.820. The summed E-state index contributed by atoms with van der Waals surface area (Å²) in [6.07, 6.45) is 1.13. The average molecular weight is 418 g/mol. The van der Waals surface area contributed by atoms with Crippen molar-refractivity contribution in [3.05, 3.63) is 35.4 Å². The van der Waals surface area contributed by atoms with Crippen molar-refractivity contribution in [2.75, 3.05) is 33.2 Å². The van der Waals surface area contributed by atoms with Gasteiger partial charge < -0.3 is 15.5 Å².